The van der Waals surface area contributed by atoms with E-state index in [0.717, 1.165) is 17.6 Å². The molecule has 0 saturated carbocycles. The van der Waals surface area contributed by atoms with E-state index < -0.39 is 7.53 Å². The van der Waals surface area contributed by atoms with Crippen LogP contribution in [0.15, 0.2) is 121 Å². The van der Waals surface area contributed by atoms with Gasteiger partial charge >= 0.3 is 0 Å². The summed E-state index contributed by atoms with van der Waals surface area (Å²) in [5.74, 6) is 0. The second-order valence-corrected chi connectivity index (χ2v) is 12.7. The highest BCUT2D eigenvalue weighted by molar-refractivity contribution is 7.63. The first-order valence-electron chi connectivity index (χ1n) is 14.0. The molecule has 1 unspecified atom stereocenters. The van der Waals surface area contributed by atoms with Gasteiger partial charge in [-0.1, -0.05) is 111 Å². The summed E-state index contributed by atoms with van der Waals surface area (Å²) in [6.07, 6.45) is 4.84. The van der Waals surface area contributed by atoms with Crippen molar-refractivity contribution in [3.63, 3.8) is 0 Å². The molecule has 0 N–H and O–H groups in total. The van der Waals surface area contributed by atoms with E-state index >= 15 is 0 Å². The Morgan fingerprint density at radius 3 is 2.00 bits per heavy atom. The first kappa shape index (κ1) is 22.8. The largest absolute Gasteiger partial charge is 0.247 e. The van der Waals surface area contributed by atoms with Gasteiger partial charge in [-0.15, -0.1) is 0 Å². The van der Waals surface area contributed by atoms with Gasteiger partial charge in [0.1, 0.15) is 0 Å². The van der Waals surface area contributed by atoms with Gasteiger partial charge in [0.25, 0.3) is 0 Å². The van der Waals surface area contributed by atoms with Gasteiger partial charge in [-0.05, 0) is 87.4 Å². The van der Waals surface area contributed by atoms with Crippen LogP contribution >= 0.6 is 7.53 Å². The molecule has 5 aromatic carbocycles. The standard InChI is InChI=1S/C37H28NP/c1-3-12-27(13-4-1)36-30-17-9-10-18-31(30)37(39(36)28-14-5-2-6-15-28)34-24-22-32-33(38-34)23-21-26-20-19-25-11-7-8-16-29(25)35(26)32/h1-8,11-16,19-24H,9-10,17-18H2. The zero-order valence-corrected chi connectivity index (χ0v) is 22.7. The zero-order valence-electron chi connectivity index (χ0n) is 21.8. The van der Waals surface area contributed by atoms with Crippen LogP contribution in [0.5, 0.6) is 0 Å². The minimum Gasteiger partial charge on any atom is -0.247 e. The highest BCUT2D eigenvalue weighted by Crippen LogP contribution is 2.61. The van der Waals surface area contributed by atoms with Crippen LogP contribution in [0.25, 0.3) is 59.6 Å². The van der Waals surface area contributed by atoms with Crippen LogP contribution in [-0.2, 0) is 12.8 Å². The molecular weight excluding hydrogens is 489 g/mol. The first-order chi connectivity index (χ1) is 19.4. The van der Waals surface area contributed by atoms with E-state index in [9.17, 15) is 0 Å². The quantitative estimate of drug-likeness (QED) is 0.212. The normalized spacial score (nSPS) is 13.7. The molecule has 1 nitrogen and oxygen atoms in total. The number of nitrogens with zero attached hydrogens (tertiary/aromatic N) is 1. The monoisotopic (exact) mass is 517 g/mol. The maximum Gasteiger partial charge on any atom is 0.0755 e. The van der Waals surface area contributed by atoms with Gasteiger partial charge in [0.05, 0.1) is 11.2 Å². The maximum absolute atomic E-state index is 5.44. The van der Waals surface area contributed by atoms with E-state index in [1.54, 1.807) is 16.4 Å². The second kappa shape index (κ2) is 9.23. The molecule has 1 atom stereocenters. The van der Waals surface area contributed by atoms with Crippen molar-refractivity contribution in [3.05, 3.63) is 132 Å². The van der Waals surface area contributed by atoms with Gasteiger partial charge in [0.2, 0.25) is 0 Å². The fraction of sp³-hybridized carbons (Fsp3) is 0.108. The Balaban J connectivity index is 1.44. The summed E-state index contributed by atoms with van der Waals surface area (Å²) >= 11 is 0. The van der Waals surface area contributed by atoms with Crippen LogP contribution in [-0.4, -0.2) is 4.98 Å². The van der Waals surface area contributed by atoms with Crippen LogP contribution in [0, 0.1) is 0 Å². The molecule has 186 valence electrons. The smallest absolute Gasteiger partial charge is 0.0755 e. The van der Waals surface area contributed by atoms with Gasteiger partial charge in [0.15, 0.2) is 0 Å². The second-order valence-electron chi connectivity index (χ2n) is 10.6. The van der Waals surface area contributed by atoms with Gasteiger partial charge in [-0.25, -0.2) is 4.98 Å². The number of benzene rings is 5. The lowest BCUT2D eigenvalue weighted by molar-refractivity contribution is 0.692. The molecule has 0 spiro atoms. The number of aromatic nitrogens is 1. The van der Waals surface area contributed by atoms with Crippen LogP contribution in [0.4, 0.5) is 0 Å². The van der Waals surface area contributed by atoms with Crippen molar-refractivity contribution in [2.24, 2.45) is 0 Å². The van der Waals surface area contributed by atoms with Crippen molar-refractivity contribution in [2.45, 2.75) is 25.7 Å². The van der Waals surface area contributed by atoms with E-state index in [0.29, 0.717) is 0 Å². The number of hydrogen-bond donors (Lipinski definition) is 0. The summed E-state index contributed by atoms with van der Waals surface area (Å²) in [5, 5.41) is 10.8. The number of rotatable bonds is 3. The van der Waals surface area contributed by atoms with E-state index in [-0.39, 0.29) is 0 Å². The molecule has 0 saturated heterocycles. The van der Waals surface area contributed by atoms with E-state index in [1.807, 2.05) is 0 Å². The lowest BCUT2D eigenvalue weighted by Gasteiger charge is -2.15. The van der Waals surface area contributed by atoms with Gasteiger partial charge in [-0.3, -0.25) is 0 Å². The van der Waals surface area contributed by atoms with Gasteiger partial charge in [-0.2, -0.15) is 0 Å². The van der Waals surface area contributed by atoms with Crippen molar-refractivity contribution in [3.8, 4) is 27.2 Å². The van der Waals surface area contributed by atoms with Crippen LogP contribution in [0.1, 0.15) is 24.0 Å². The summed E-state index contributed by atoms with van der Waals surface area (Å²) in [6, 6.07) is 44.6. The molecule has 8 rings (SSSR count). The van der Waals surface area contributed by atoms with Crippen molar-refractivity contribution < 1.29 is 0 Å². The minimum absolute atomic E-state index is 0.691. The Hall–Kier alpha value is -4.19. The average molecular weight is 518 g/mol. The average Bonchev–Trinajstić information content (AvgIpc) is 3.36. The molecule has 0 bridgehead atoms. The van der Waals surface area contributed by atoms with Crippen molar-refractivity contribution in [1.82, 2.24) is 4.98 Å². The summed E-state index contributed by atoms with van der Waals surface area (Å²) in [6.45, 7) is 0. The highest BCUT2D eigenvalue weighted by atomic mass is 31.1. The summed E-state index contributed by atoms with van der Waals surface area (Å²) in [5.41, 5.74) is 6.75. The SMILES string of the molecule is c1ccc(-c2c3c(c(-c4ccc5c(ccc6ccc7ccccc7c65)n4)p2-c2ccccc2)CCCC3)cc1. The Morgan fingerprint density at radius 1 is 0.513 bits per heavy atom. The van der Waals surface area contributed by atoms with Crippen molar-refractivity contribution in [1.29, 1.82) is 0 Å². The predicted octanol–water partition coefficient (Wildman–Crippen LogP) is 10.7. The van der Waals surface area contributed by atoms with E-state index in [2.05, 4.69) is 121 Å². The molecule has 2 heteroatoms. The molecular formula is C37H28NP. The van der Waals surface area contributed by atoms with Crippen molar-refractivity contribution in [2.75, 3.05) is 0 Å². The molecule has 0 radical (unpaired) electrons. The molecule has 1 aliphatic carbocycles. The molecule has 0 amide bonds. The summed E-state index contributed by atoms with van der Waals surface area (Å²) in [7, 11) is -0.691. The third-order valence-electron chi connectivity index (χ3n) is 8.37. The third-order valence-corrected chi connectivity index (χ3v) is 11.1. The number of pyridine rings is 1. The van der Waals surface area contributed by atoms with Crippen LogP contribution in [0.3, 0.4) is 0 Å². The minimum atomic E-state index is -0.691. The fourth-order valence-electron chi connectivity index (χ4n) is 6.66. The Kier molecular flexibility index (Phi) is 5.38. The maximum atomic E-state index is 5.44. The lowest BCUT2D eigenvalue weighted by Crippen LogP contribution is -2.01. The molecule has 39 heavy (non-hydrogen) atoms. The molecule has 0 aliphatic heterocycles. The molecule has 1 aliphatic rings. The third kappa shape index (κ3) is 3.65. The number of hydrogen-bond acceptors (Lipinski definition) is 1. The molecule has 7 aromatic rings. The van der Waals surface area contributed by atoms with Gasteiger partial charge < -0.3 is 0 Å². The summed E-state index contributed by atoms with van der Waals surface area (Å²) in [4.78, 5) is 5.44. The summed E-state index contributed by atoms with van der Waals surface area (Å²) < 4.78 is 0. The fourth-order valence-corrected chi connectivity index (χ4v) is 9.66. The van der Waals surface area contributed by atoms with Crippen LogP contribution in [0.2, 0.25) is 0 Å². The Morgan fingerprint density at radius 2 is 1.18 bits per heavy atom. The number of fused-ring (bicyclic) bond motifs is 6. The van der Waals surface area contributed by atoms with E-state index in [4.69, 9.17) is 4.98 Å². The van der Waals surface area contributed by atoms with Crippen molar-refractivity contribution >= 4 is 40.0 Å². The molecule has 0 fully saturated rings. The zero-order chi connectivity index (χ0) is 25.8. The molecule has 2 heterocycles. The van der Waals surface area contributed by atoms with Crippen LogP contribution < -0.4 is 0 Å². The topological polar surface area (TPSA) is 12.9 Å². The Bertz CT molecular complexity index is 2000. The lowest BCUT2D eigenvalue weighted by atomic mass is 9.90. The predicted molar refractivity (Wildman–Crippen MR) is 168 cm³/mol. The molecule has 2 aromatic heterocycles. The van der Waals surface area contributed by atoms with E-state index in [1.165, 1.54) is 62.4 Å². The highest BCUT2D eigenvalue weighted by Gasteiger charge is 2.28. The Labute approximate surface area is 229 Å². The van der Waals surface area contributed by atoms with Gasteiger partial charge in [0, 0.05) is 16.0 Å². The first-order valence-corrected chi connectivity index (χ1v) is 15.3.